The highest BCUT2D eigenvalue weighted by molar-refractivity contribution is 7.13. The Bertz CT molecular complexity index is 565. The van der Waals surface area contributed by atoms with Gasteiger partial charge in [-0.1, -0.05) is 38.1 Å². The molecule has 1 heterocycles. The van der Waals surface area contributed by atoms with Gasteiger partial charge in [0.15, 0.2) is 0 Å². The third-order valence-electron chi connectivity index (χ3n) is 3.93. The summed E-state index contributed by atoms with van der Waals surface area (Å²) in [7, 11) is 0. The number of rotatable bonds is 8. The minimum absolute atomic E-state index is 0.168. The fourth-order valence-corrected chi connectivity index (χ4v) is 3.34. The molecule has 0 aliphatic rings. The van der Waals surface area contributed by atoms with Gasteiger partial charge in [0.05, 0.1) is 22.2 Å². The van der Waals surface area contributed by atoms with E-state index in [4.69, 9.17) is 0 Å². The smallest absolute Gasteiger partial charge is 0.0801 e. The van der Waals surface area contributed by atoms with Crippen LogP contribution in [0, 0.1) is 12.8 Å². The highest BCUT2D eigenvalue weighted by Crippen LogP contribution is 2.27. The first-order valence-corrected chi connectivity index (χ1v) is 8.86. The Labute approximate surface area is 137 Å². The van der Waals surface area contributed by atoms with Crippen molar-refractivity contribution in [3.05, 3.63) is 41.0 Å². The number of hydrogen-bond acceptors (Lipinski definition) is 4. The molecule has 0 aliphatic heterocycles. The second-order valence-corrected chi connectivity index (χ2v) is 6.85. The van der Waals surface area contributed by atoms with Gasteiger partial charge in [-0.05, 0) is 43.4 Å². The zero-order valence-electron chi connectivity index (χ0n) is 13.7. The van der Waals surface area contributed by atoms with Crippen molar-refractivity contribution in [1.29, 1.82) is 0 Å². The lowest BCUT2D eigenvalue weighted by molar-refractivity contribution is 0.141. The van der Waals surface area contributed by atoms with Gasteiger partial charge in [0.2, 0.25) is 0 Å². The predicted octanol–water partition coefficient (Wildman–Crippen LogP) is 4.01. The quantitative estimate of drug-likeness (QED) is 0.773. The van der Waals surface area contributed by atoms with E-state index in [1.165, 1.54) is 16.0 Å². The van der Waals surface area contributed by atoms with Crippen molar-refractivity contribution < 1.29 is 5.11 Å². The fraction of sp³-hybridized carbons (Fsp3) is 0.500. The van der Waals surface area contributed by atoms with E-state index in [1.54, 1.807) is 11.3 Å². The Morgan fingerprint density at radius 1 is 1.27 bits per heavy atom. The van der Waals surface area contributed by atoms with Crippen molar-refractivity contribution in [3.63, 3.8) is 0 Å². The van der Waals surface area contributed by atoms with Crippen molar-refractivity contribution in [2.24, 2.45) is 5.92 Å². The highest BCUT2D eigenvalue weighted by Gasteiger charge is 2.08. The van der Waals surface area contributed by atoms with Gasteiger partial charge in [-0.2, -0.15) is 0 Å². The van der Waals surface area contributed by atoms with E-state index < -0.39 is 0 Å². The minimum Gasteiger partial charge on any atom is -0.393 e. The summed E-state index contributed by atoms with van der Waals surface area (Å²) in [6.45, 7) is 8.06. The summed E-state index contributed by atoms with van der Waals surface area (Å²) in [6.07, 6.45) is 1.54. The third kappa shape index (κ3) is 4.90. The van der Waals surface area contributed by atoms with Crippen LogP contribution in [0.15, 0.2) is 29.8 Å². The molecule has 4 heteroatoms. The molecule has 120 valence electrons. The monoisotopic (exact) mass is 318 g/mol. The molecule has 2 rings (SSSR count). The molecule has 0 spiro atoms. The predicted molar refractivity (Wildman–Crippen MR) is 94.1 cm³/mol. The molecule has 0 aliphatic carbocycles. The Morgan fingerprint density at radius 2 is 2.00 bits per heavy atom. The Kier molecular flexibility index (Phi) is 6.55. The molecule has 2 atom stereocenters. The standard InChI is InChI=1S/C18H26N2OS/c1-4-17(21)9-13(2)10-19-11-15-5-7-16(8-6-15)18-14(3)20-12-22-18/h5-8,12-13,17,19,21H,4,9-11H2,1-3H3. The SMILES string of the molecule is CCC(O)CC(C)CNCc1ccc(-c2scnc2C)cc1. The van der Waals surface area contributed by atoms with Crippen LogP contribution < -0.4 is 5.32 Å². The lowest BCUT2D eigenvalue weighted by Crippen LogP contribution is -2.23. The van der Waals surface area contributed by atoms with E-state index in [2.05, 4.69) is 41.5 Å². The van der Waals surface area contributed by atoms with E-state index in [0.717, 1.165) is 31.6 Å². The number of benzene rings is 1. The molecular formula is C18H26N2OS. The fourth-order valence-electron chi connectivity index (χ4n) is 2.53. The molecule has 1 aromatic heterocycles. The maximum atomic E-state index is 9.66. The van der Waals surface area contributed by atoms with Crippen molar-refractivity contribution in [1.82, 2.24) is 10.3 Å². The molecule has 0 saturated heterocycles. The first kappa shape index (κ1) is 17.1. The van der Waals surface area contributed by atoms with Crippen LogP contribution in [0.1, 0.15) is 37.9 Å². The lowest BCUT2D eigenvalue weighted by atomic mass is 10.0. The molecule has 2 N–H and O–H groups in total. The molecule has 22 heavy (non-hydrogen) atoms. The van der Waals surface area contributed by atoms with Gasteiger partial charge >= 0.3 is 0 Å². The van der Waals surface area contributed by atoms with Crippen LogP contribution in [0.2, 0.25) is 0 Å². The van der Waals surface area contributed by atoms with Crippen LogP contribution in [-0.4, -0.2) is 22.7 Å². The van der Waals surface area contributed by atoms with E-state index >= 15 is 0 Å². The van der Waals surface area contributed by atoms with Crippen molar-refractivity contribution in [2.45, 2.75) is 46.3 Å². The molecule has 0 bridgehead atoms. The number of aromatic nitrogens is 1. The summed E-state index contributed by atoms with van der Waals surface area (Å²) in [5.74, 6) is 0.495. The van der Waals surface area contributed by atoms with Gasteiger partial charge in [0.25, 0.3) is 0 Å². The summed E-state index contributed by atoms with van der Waals surface area (Å²) in [4.78, 5) is 5.55. The molecule has 0 radical (unpaired) electrons. The molecular weight excluding hydrogens is 292 g/mol. The van der Waals surface area contributed by atoms with Crippen LogP contribution >= 0.6 is 11.3 Å². The number of aryl methyl sites for hydroxylation is 1. The number of nitrogens with zero attached hydrogens (tertiary/aromatic N) is 1. The van der Waals surface area contributed by atoms with Crippen LogP contribution in [0.3, 0.4) is 0 Å². The maximum Gasteiger partial charge on any atom is 0.0801 e. The largest absolute Gasteiger partial charge is 0.393 e. The molecule has 0 amide bonds. The molecule has 2 aromatic rings. The van der Waals surface area contributed by atoms with Gasteiger partial charge in [-0.15, -0.1) is 11.3 Å². The van der Waals surface area contributed by atoms with Crippen LogP contribution in [0.4, 0.5) is 0 Å². The van der Waals surface area contributed by atoms with Gasteiger partial charge in [0, 0.05) is 6.54 Å². The summed E-state index contributed by atoms with van der Waals surface area (Å²) in [5, 5.41) is 13.1. The minimum atomic E-state index is -0.168. The second-order valence-electron chi connectivity index (χ2n) is 6.00. The van der Waals surface area contributed by atoms with Gasteiger partial charge < -0.3 is 10.4 Å². The van der Waals surface area contributed by atoms with E-state index in [-0.39, 0.29) is 6.10 Å². The second kappa shape index (κ2) is 8.42. The average Bonchev–Trinajstić information content (AvgIpc) is 2.94. The summed E-state index contributed by atoms with van der Waals surface area (Å²) in [6, 6.07) is 8.68. The van der Waals surface area contributed by atoms with Gasteiger partial charge in [-0.3, -0.25) is 0 Å². The first-order chi connectivity index (χ1) is 10.6. The van der Waals surface area contributed by atoms with Crippen LogP contribution in [0.25, 0.3) is 10.4 Å². The van der Waals surface area contributed by atoms with Gasteiger partial charge in [0.1, 0.15) is 0 Å². The molecule has 0 saturated carbocycles. The third-order valence-corrected chi connectivity index (χ3v) is 4.91. The topological polar surface area (TPSA) is 45.1 Å². The normalized spacial score (nSPS) is 14.0. The zero-order chi connectivity index (χ0) is 15.9. The molecule has 0 fully saturated rings. The molecule has 3 nitrogen and oxygen atoms in total. The van der Waals surface area contributed by atoms with Crippen molar-refractivity contribution in [2.75, 3.05) is 6.54 Å². The molecule has 2 unspecified atom stereocenters. The zero-order valence-corrected chi connectivity index (χ0v) is 14.5. The number of nitrogens with one attached hydrogen (secondary N) is 1. The number of aliphatic hydroxyl groups is 1. The Morgan fingerprint density at radius 3 is 2.59 bits per heavy atom. The van der Waals surface area contributed by atoms with Crippen LogP contribution in [0.5, 0.6) is 0 Å². The molecule has 1 aromatic carbocycles. The lowest BCUT2D eigenvalue weighted by Gasteiger charge is -2.16. The van der Waals surface area contributed by atoms with Crippen LogP contribution in [-0.2, 0) is 6.54 Å². The van der Waals surface area contributed by atoms with E-state index in [0.29, 0.717) is 5.92 Å². The number of thiazole rings is 1. The summed E-state index contributed by atoms with van der Waals surface area (Å²) in [5.41, 5.74) is 5.52. The first-order valence-electron chi connectivity index (χ1n) is 7.98. The summed E-state index contributed by atoms with van der Waals surface area (Å²) >= 11 is 1.69. The van der Waals surface area contributed by atoms with Crippen molar-refractivity contribution >= 4 is 11.3 Å². The highest BCUT2D eigenvalue weighted by atomic mass is 32.1. The van der Waals surface area contributed by atoms with Crippen molar-refractivity contribution in [3.8, 4) is 10.4 Å². The average molecular weight is 318 g/mol. The maximum absolute atomic E-state index is 9.66. The number of hydrogen-bond donors (Lipinski definition) is 2. The van der Waals surface area contributed by atoms with E-state index in [9.17, 15) is 5.11 Å². The Balaban J connectivity index is 1.81. The van der Waals surface area contributed by atoms with Gasteiger partial charge in [-0.25, -0.2) is 4.98 Å². The number of aliphatic hydroxyl groups excluding tert-OH is 1. The van der Waals surface area contributed by atoms with E-state index in [1.807, 2.05) is 19.4 Å². The summed E-state index contributed by atoms with van der Waals surface area (Å²) < 4.78 is 0. The Hall–Kier alpha value is -1.23.